The van der Waals surface area contributed by atoms with Crippen molar-refractivity contribution in [3.63, 3.8) is 0 Å². The summed E-state index contributed by atoms with van der Waals surface area (Å²) in [4.78, 5) is 17.7. The van der Waals surface area contributed by atoms with Crippen LogP contribution in [-0.2, 0) is 6.54 Å². The van der Waals surface area contributed by atoms with Crippen LogP contribution in [0.25, 0.3) is 5.69 Å². The molecule has 0 spiro atoms. The number of anilines is 3. The Kier molecular flexibility index (Phi) is 3.38. The van der Waals surface area contributed by atoms with E-state index in [0.717, 1.165) is 22.6 Å². The summed E-state index contributed by atoms with van der Waals surface area (Å²) < 4.78 is 1.80. The average molecular weight is 320 g/mol. The molecular formula is C17H16N6O. The van der Waals surface area contributed by atoms with Gasteiger partial charge < -0.3 is 10.6 Å². The zero-order chi connectivity index (χ0) is 16.5. The van der Waals surface area contributed by atoms with Crippen molar-refractivity contribution in [3.05, 3.63) is 60.6 Å². The van der Waals surface area contributed by atoms with Crippen molar-refractivity contribution in [1.82, 2.24) is 20.1 Å². The molecule has 0 atom stereocenters. The van der Waals surface area contributed by atoms with Crippen molar-refractivity contribution in [1.29, 1.82) is 0 Å². The fourth-order valence-corrected chi connectivity index (χ4v) is 2.66. The van der Waals surface area contributed by atoms with Gasteiger partial charge in [0.25, 0.3) is 0 Å². The van der Waals surface area contributed by atoms with Crippen LogP contribution in [0.5, 0.6) is 0 Å². The van der Waals surface area contributed by atoms with E-state index < -0.39 is 0 Å². The first-order chi connectivity index (χ1) is 11.7. The van der Waals surface area contributed by atoms with E-state index in [1.54, 1.807) is 29.0 Å². The molecule has 7 nitrogen and oxygen atoms in total. The van der Waals surface area contributed by atoms with Crippen molar-refractivity contribution in [2.45, 2.75) is 6.54 Å². The summed E-state index contributed by atoms with van der Waals surface area (Å²) in [5, 5.41) is 10.3. The molecule has 0 saturated heterocycles. The Bertz CT molecular complexity index is 873. The minimum Gasteiger partial charge on any atom is -0.340 e. The molecule has 0 fully saturated rings. The molecular weight excluding hydrogens is 304 g/mol. The first-order valence-corrected chi connectivity index (χ1v) is 7.58. The van der Waals surface area contributed by atoms with E-state index in [-0.39, 0.29) is 6.03 Å². The van der Waals surface area contributed by atoms with E-state index in [9.17, 15) is 4.79 Å². The van der Waals surface area contributed by atoms with Gasteiger partial charge in [-0.3, -0.25) is 4.90 Å². The monoisotopic (exact) mass is 320 g/mol. The summed E-state index contributed by atoms with van der Waals surface area (Å²) in [7, 11) is 1.75. The molecule has 120 valence electrons. The number of fused-ring (bicyclic) bond motifs is 1. The maximum atomic E-state index is 11.7. The fourth-order valence-electron chi connectivity index (χ4n) is 2.66. The molecule has 0 bridgehead atoms. The third-order valence-electron chi connectivity index (χ3n) is 3.97. The van der Waals surface area contributed by atoms with Crippen LogP contribution >= 0.6 is 0 Å². The molecule has 7 heteroatoms. The Morgan fingerprint density at radius 2 is 2.08 bits per heavy atom. The third-order valence-corrected chi connectivity index (χ3v) is 3.97. The maximum absolute atomic E-state index is 11.7. The molecule has 0 saturated carbocycles. The van der Waals surface area contributed by atoms with Gasteiger partial charge in [0.2, 0.25) is 0 Å². The molecule has 3 heterocycles. The Morgan fingerprint density at radius 3 is 2.83 bits per heavy atom. The van der Waals surface area contributed by atoms with E-state index >= 15 is 0 Å². The Morgan fingerprint density at radius 1 is 1.25 bits per heavy atom. The SMILES string of the molecule is CN1C(=O)NCc2cnc(Nc3ccc(-n4cccn4)cc3)cc21. The number of amides is 2. The van der Waals surface area contributed by atoms with Gasteiger partial charge in [-0.1, -0.05) is 0 Å². The van der Waals surface area contributed by atoms with Crippen LogP contribution in [0.4, 0.5) is 22.0 Å². The van der Waals surface area contributed by atoms with Gasteiger partial charge in [0.1, 0.15) is 5.82 Å². The molecule has 3 aromatic rings. The third kappa shape index (κ3) is 2.56. The first-order valence-electron chi connectivity index (χ1n) is 7.58. The van der Waals surface area contributed by atoms with E-state index in [4.69, 9.17) is 0 Å². The predicted octanol–water partition coefficient (Wildman–Crippen LogP) is 2.67. The molecule has 2 aromatic heterocycles. The molecule has 24 heavy (non-hydrogen) atoms. The highest BCUT2D eigenvalue weighted by molar-refractivity contribution is 5.94. The lowest BCUT2D eigenvalue weighted by Crippen LogP contribution is -2.41. The number of aromatic nitrogens is 3. The Hall–Kier alpha value is -3.35. The molecule has 2 amide bonds. The van der Waals surface area contributed by atoms with E-state index in [2.05, 4.69) is 20.7 Å². The molecule has 0 unspecified atom stereocenters. The lowest BCUT2D eigenvalue weighted by Gasteiger charge is -2.26. The lowest BCUT2D eigenvalue weighted by molar-refractivity contribution is 0.246. The number of carbonyl (C=O) groups is 1. The van der Waals surface area contributed by atoms with Crippen molar-refractivity contribution in [2.24, 2.45) is 0 Å². The number of rotatable bonds is 3. The van der Waals surface area contributed by atoms with Gasteiger partial charge in [-0.25, -0.2) is 14.5 Å². The number of nitrogens with one attached hydrogen (secondary N) is 2. The number of pyridine rings is 1. The minimum atomic E-state index is -0.108. The van der Waals surface area contributed by atoms with E-state index in [1.165, 1.54) is 0 Å². The second-order valence-electron chi connectivity index (χ2n) is 5.54. The normalized spacial score (nSPS) is 13.4. The summed E-state index contributed by atoms with van der Waals surface area (Å²) in [5.74, 6) is 0.696. The Labute approximate surface area is 138 Å². The zero-order valence-electron chi connectivity index (χ0n) is 13.1. The highest BCUT2D eigenvalue weighted by Gasteiger charge is 2.20. The smallest absolute Gasteiger partial charge is 0.321 e. The van der Waals surface area contributed by atoms with Crippen LogP contribution in [0.2, 0.25) is 0 Å². The van der Waals surface area contributed by atoms with Crippen molar-refractivity contribution < 1.29 is 4.79 Å². The quantitative estimate of drug-likeness (QED) is 0.778. The van der Waals surface area contributed by atoms with Gasteiger partial charge in [0, 0.05) is 49.5 Å². The highest BCUT2D eigenvalue weighted by Crippen LogP contribution is 2.26. The number of hydrogen-bond acceptors (Lipinski definition) is 4. The largest absolute Gasteiger partial charge is 0.340 e. The second-order valence-corrected chi connectivity index (χ2v) is 5.54. The molecule has 0 radical (unpaired) electrons. The summed E-state index contributed by atoms with van der Waals surface area (Å²) in [6.45, 7) is 0.504. The summed E-state index contributed by atoms with van der Waals surface area (Å²) >= 11 is 0. The minimum absolute atomic E-state index is 0.108. The first kappa shape index (κ1) is 14.3. The molecule has 0 aliphatic carbocycles. The van der Waals surface area contributed by atoms with Gasteiger partial charge in [-0.2, -0.15) is 5.10 Å². The van der Waals surface area contributed by atoms with Gasteiger partial charge in [0.05, 0.1) is 11.4 Å². The number of hydrogen-bond donors (Lipinski definition) is 2. The molecule has 1 aliphatic heterocycles. The topological polar surface area (TPSA) is 75.1 Å². The van der Waals surface area contributed by atoms with Gasteiger partial charge in [-0.05, 0) is 30.3 Å². The summed E-state index contributed by atoms with van der Waals surface area (Å²) in [6.07, 6.45) is 5.43. The number of urea groups is 1. The average Bonchev–Trinajstić information content (AvgIpc) is 3.14. The van der Waals surface area contributed by atoms with Crippen molar-refractivity contribution in [2.75, 3.05) is 17.3 Å². The zero-order valence-corrected chi connectivity index (χ0v) is 13.1. The standard InChI is InChI=1S/C17H16N6O/c1-22-15-9-16(18-10-12(15)11-19-17(22)24)21-13-3-5-14(6-4-13)23-8-2-7-20-23/h2-10H,11H2,1H3,(H,18,21)(H,19,24). The number of benzene rings is 1. The summed E-state index contributed by atoms with van der Waals surface area (Å²) in [5.41, 5.74) is 3.77. The fraction of sp³-hybridized carbons (Fsp3) is 0.118. The van der Waals surface area contributed by atoms with E-state index in [1.807, 2.05) is 42.6 Å². The van der Waals surface area contributed by atoms with Gasteiger partial charge >= 0.3 is 6.03 Å². The van der Waals surface area contributed by atoms with Crippen molar-refractivity contribution >= 4 is 23.2 Å². The lowest BCUT2D eigenvalue weighted by atomic mass is 10.2. The number of carbonyl (C=O) groups excluding carboxylic acids is 1. The van der Waals surface area contributed by atoms with Crippen LogP contribution < -0.4 is 15.5 Å². The molecule has 1 aliphatic rings. The van der Waals surface area contributed by atoms with Crippen LogP contribution in [0, 0.1) is 0 Å². The van der Waals surface area contributed by atoms with Crippen molar-refractivity contribution in [3.8, 4) is 5.69 Å². The van der Waals surface area contributed by atoms with Crippen LogP contribution in [0.3, 0.4) is 0 Å². The summed E-state index contributed by atoms with van der Waals surface area (Å²) in [6, 6.07) is 11.6. The highest BCUT2D eigenvalue weighted by atomic mass is 16.2. The second kappa shape index (κ2) is 5.69. The van der Waals surface area contributed by atoms with Crippen LogP contribution in [0.1, 0.15) is 5.56 Å². The van der Waals surface area contributed by atoms with Gasteiger partial charge in [-0.15, -0.1) is 0 Å². The van der Waals surface area contributed by atoms with E-state index in [0.29, 0.717) is 12.4 Å². The molecule has 1 aromatic carbocycles. The van der Waals surface area contributed by atoms with Crippen LogP contribution in [0.15, 0.2) is 55.0 Å². The molecule has 2 N–H and O–H groups in total. The predicted molar refractivity (Wildman–Crippen MR) is 91.7 cm³/mol. The van der Waals surface area contributed by atoms with Crippen LogP contribution in [-0.4, -0.2) is 27.8 Å². The van der Waals surface area contributed by atoms with Gasteiger partial charge in [0.15, 0.2) is 0 Å². The molecule has 4 rings (SSSR count). The Balaban J connectivity index is 1.56. The number of nitrogens with zero attached hydrogens (tertiary/aromatic N) is 4. The maximum Gasteiger partial charge on any atom is 0.321 e.